The SMILES string of the molecule is CNc1cc(-c2ccc(N(C)[C@@H](C)c3ccc(-n4cc(F)cn4)nc3)nc2)c2c(C#N)cnn2c1. The van der Waals surface area contributed by atoms with Crippen LogP contribution >= 0.6 is 0 Å². The fourth-order valence-corrected chi connectivity index (χ4v) is 3.94. The van der Waals surface area contributed by atoms with Gasteiger partial charge in [0, 0.05) is 37.6 Å². The van der Waals surface area contributed by atoms with Crippen LogP contribution < -0.4 is 10.2 Å². The summed E-state index contributed by atoms with van der Waals surface area (Å²) in [6, 6.07) is 11.9. The summed E-state index contributed by atoms with van der Waals surface area (Å²) in [6.07, 6.45) is 9.40. The molecule has 0 amide bonds. The first kappa shape index (κ1) is 22.0. The first-order chi connectivity index (χ1) is 17.0. The monoisotopic (exact) mass is 467 g/mol. The molecule has 0 spiro atoms. The highest BCUT2D eigenvalue weighted by Crippen LogP contribution is 2.31. The van der Waals surface area contributed by atoms with Crippen molar-refractivity contribution in [3.8, 4) is 23.0 Å². The maximum Gasteiger partial charge on any atom is 0.161 e. The smallest absolute Gasteiger partial charge is 0.161 e. The van der Waals surface area contributed by atoms with Gasteiger partial charge in [-0.3, -0.25) is 0 Å². The van der Waals surface area contributed by atoms with E-state index in [-0.39, 0.29) is 6.04 Å². The average molecular weight is 468 g/mol. The fraction of sp³-hybridized carbons (Fsp3) is 0.160. The molecule has 0 aliphatic carbocycles. The molecule has 5 aromatic rings. The number of pyridine rings is 3. The molecular weight excluding hydrogens is 445 g/mol. The van der Waals surface area contributed by atoms with Crippen LogP contribution in [0.2, 0.25) is 0 Å². The fourth-order valence-electron chi connectivity index (χ4n) is 3.94. The van der Waals surface area contributed by atoms with Gasteiger partial charge in [-0.1, -0.05) is 6.07 Å². The lowest BCUT2D eigenvalue weighted by Crippen LogP contribution is -2.22. The van der Waals surface area contributed by atoms with E-state index in [2.05, 4.69) is 38.5 Å². The minimum absolute atomic E-state index is 0.0106. The van der Waals surface area contributed by atoms with E-state index in [9.17, 15) is 9.65 Å². The van der Waals surface area contributed by atoms with E-state index in [1.807, 2.05) is 49.5 Å². The molecule has 0 aliphatic heterocycles. The molecule has 5 rings (SSSR count). The average Bonchev–Trinajstić information content (AvgIpc) is 3.53. The lowest BCUT2D eigenvalue weighted by atomic mass is 10.0. The number of nitriles is 1. The van der Waals surface area contributed by atoms with E-state index in [1.54, 1.807) is 29.2 Å². The number of nitrogens with zero attached hydrogens (tertiary/aromatic N) is 8. The van der Waals surface area contributed by atoms with Gasteiger partial charge < -0.3 is 10.2 Å². The Hall–Kier alpha value is -4.78. The summed E-state index contributed by atoms with van der Waals surface area (Å²) in [6.45, 7) is 2.06. The number of hydrogen-bond acceptors (Lipinski definition) is 7. The second-order valence-corrected chi connectivity index (χ2v) is 8.10. The minimum atomic E-state index is -0.408. The summed E-state index contributed by atoms with van der Waals surface area (Å²) >= 11 is 0. The lowest BCUT2D eigenvalue weighted by molar-refractivity contribution is 0.627. The molecule has 0 unspecified atom stereocenters. The van der Waals surface area contributed by atoms with Crippen molar-refractivity contribution in [1.29, 1.82) is 5.26 Å². The Morgan fingerprint density at radius 2 is 1.91 bits per heavy atom. The van der Waals surface area contributed by atoms with Gasteiger partial charge in [0.1, 0.15) is 11.9 Å². The third-order valence-electron chi connectivity index (χ3n) is 6.06. The molecule has 174 valence electrons. The molecule has 0 aliphatic rings. The van der Waals surface area contributed by atoms with Crippen LogP contribution in [-0.2, 0) is 0 Å². The second kappa shape index (κ2) is 8.87. The summed E-state index contributed by atoms with van der Waals surface area (Å²) < 4.78 is 16.3. The molecule has 0 saturated heterocycles. The van der Waals surface area contributed by atoms with Gasteiger partial charge in [-0.15, -0.1) is 0 Å². The second-order valence-electron chi connectivity index (χ2n) is 8.10. The highest BCUT2D eigenvalue weighted by Gasteiger charge is 2.16. The largest absolute Gasteiger partial charge is 0.387 e. The van der Waals surface area contributed by atoms with E-state index in [0.717, 1.165) is 39.9 Å². The first-order valence-electron chi connectivity index (χ1n) is 10.9. The van der Waals surface area contributed by atoms with Crippen molar-refractivity contribution in [2.45, 2.75) is 13.0 Å². The molecule has 1 N–H and O–H groups in total. The van der Waals surface area contributed by atoms with Crippen LogP contribution in [0.15, 0.2) is 67.5 Å². The molecule has 10 heteroatoms. The summed E-state index contributed by atoms with van der Waals surface area (Å²) in [5, 5.41) is 20.9. The Bertz CT molecular complexity index is 1530. The number of fused-ring (bicyclic) bond motifs is 1. The molecule has 0 aromatic carbocycles. The van der Waals surface area contributed by atoms with Crippen molar-refractivity contribution in [3.05, 3.63) is 84.5 Å². The molecule has 5 heterocycles. The predicted molar refractivity (Wildman–Crippen MR) is 131 cm³/mol. The van der Waals surface area contributed by atoms with E-state index < -0.39 is 5.82 Å². The molecule has 0 saturated carbocycles. The molecule has 5 aromatic heterocycles. The van der Waals surface area contributed by atoms with Gasteiger partial charge in [-0.2, -0.15) is 15.5 Å². The maximum absolute atomic E-state index is 13.2. The van der Waals surface area contributed by atoms with Crippen LogP contribution in [0.3, 0.4) is 0 Å². The summed E-state index contributed by atoms with van der Waals surface area (Å²) in [7, 11) is 3.81. The highest BCUT2D eigenvalue weighted by molar-refractivity contribution is 5.86. The normalized spacial score (nSPS) is 11.9. The van der Waals surface area contributed by atoms with Crippen molar-refractivity contribution in [2.24, 2.45) is 0 Å². The van der Waals surface area contributed by atoms with E-state index in [1.165, 1.54) is 10.9 Å². The zero-order valence-corrected chi connectivity index (χ0v) is 19.4. The Morgan fingerprint density at radius 1 is 1.06 bits per heavy atom. The van der Waals surface area contributed by atoms with Gasteiger partial charge >= 0.3 is 0 Å². The Labute approximate surface area is 201 Å². The van der Waals surface area contributed by atoms with Crippen LogP contribution in [0.1, 0.15) is 24.1 Å². The van der Waals surface area contributed by atoms with Gasteiger partial charge in [0.15, 0.2) is 11.6 Å². The number of hydrogen-bond donors (Lipinski definition) is 1. The van der Waals surface area contributed by atoms with Crippen molar-refractivity contribution >= 4 is 17.0 Å². The molecule has 0 radical (unpaired) electrons. The standard InChI is InChI=1S/C25H22FN9/c1-16(17-4-7-24(30-10-17)34-14-20(26)13-32-34)33(3)23-6-5-18(11-29-23)22-8-21(28-2)15-35-25(22)19(9-27)12-31-35/h4-8,10-16,28H,1-3H3/t16-/m0/s1. The van der Waals surface area contributed by atoms with Crippen LogP contribution in [0.25, 0.3) is 22.5 Å². The Kier molecular flexibility index (Phi) is 5.58. The Morgan fingerprint density at radius 3 is 2.54 bits per heavy atom. The predicted octanol–water partition coefficient (Wildman–Crippen LogP) is 4.23. The highest BCUT2D eigenvalue weighted by atomic mass is 19.1. The van der Waals surface area contributed by atoms with Gasteiger partial charge in [0.05, 0.1) is 47.6 Å². The Balaban J connectivity index is 1.41. The van der Waals surface area contributed by atoms with E-state index in [4.69, 9.17) is 0 Å². The minimum Gasteiger partial charge on any atom is -0.387 e. The molecular formula is C25H22FN9. The van der Waals surface area contributed by atoms with Crippen LogP contribution in [0, 0.1) is 17.1 Å². The van der Waals surface area contributed by atoms with Crippen LogP contribution in [-0.4, -0.2) is 43.5 Å². The van der Waals surface area contributed by atoms with Crippen molar-refractivity contribution in [2.75, 3.05) is 24.3 Å². The number of rotatable bonds is 6. The van der Waals surface area contributed by atoms with E-state index >= 15 is 0 Å². The quantitative estimate of drug-likeness (QED) is 0.399. The molecule has 0 fully saturated rings. The summed E-state index contributed by atoms with van der Waals surface area (Å²) in [5.41, 5.74) is 4.86. The van der Waals surface area contributed by atoms with Gasteiger partial charge in [0.25, 0.3) is 0 Å². The third kappa shape index (κ3) is 4.04. The topological polar surface area (TPSA) is 100.0 Å². The van der Waals surface area contributed by atoms with E-state index in [0.29, 0.717) is 11.4 Å². The molecule has 0 bridgehead atoms. The van der Waals surface area contributed by atoms with Crippen LogP contribution in [0.5, 0.6) is 0 Å². The van der Waals surface area contributed by atoms with Crippen LogP contribution in [0.4, 0.5) is 15.9 Å². The first-order valence-corrected chi connectivity index (χ1v) is 10.9. The maximum atomic E-state index is 13.2. The number of anilines is 2. The van der Waals surface area contributed by atoms with Crippen molar-refractivity contribution < 1.29 is 4.39 Å². The third-order valence-corrected chi connectivity index (χ3v) is 6.06. The summed E-state index contributed by atoms with van der Waals surface area (Å²) in [5.74, 6) is 0.921. The van der Waals surface area contributed by atoms with Gasteiger partial charge in [-0.25, -0.2) is 23.6 Å². The lowest BCUT2D eigenvalue weighted by Gasteiger charge is -2.26. The van der Waals surface area contributed by atoms with Crippen molar-refractivity contribution in [3.63, 3.8) is 0 Å². The van der Waals surface area contributed by atoms with Gasteiger partial charge in [-0.05, 0) is 36.8 Å². The summed E-state index contributed by atoms with van der Waals surface area (Å²) in [4.78, 5) is 11.2. The zero-order valence-electron chi connectivity index (χ0n) is 19.4. The van der Waals surface area contributed by atoms with Crippen molar-refractivity contribution in [1.82, 2.24) is 29.4 Å². The molecule has 9 nitrogen and oxygen atoms in total. The molecule has 1 atom stereocenters. The number of nitrogens with one attached hydrogen (secondary N) is 1. The number of halogens is 1. The molecule has 35 heavy (non-hydrogen) atoms. The number of aromatic nitrogens is 6. The zero-order chi connectivity index (χ0) is 24.5. The van der Waals surface area contributed by atoms with Gasteiger partial charge in [0.2, 0.25) is 0 Å².